The molecule has 1 N–H and O–H groups in total. The lowest BCUT2D eigenvalue weighted by molar-refractivity contribution is -0.157. The minimum Gasteiger partial charge on any atom is -0.493 e. The maximum Gasteiger partial charge on any atom is 0.311 e. The Hall–Kier alpha value is -1.99. The smallest absolute Gasteiger partial charge is 0.311 e. The highest BCUT2D eigenvalue weighted by Crippen LogP contribution is 2.45. The molecule has 7 nitrogen and oxygen atoms in total. The SMILES string of the molecule is COc1cc(CN2C[C@@H]3COCC[C@]3(C(=O)O)C2)cc2c1OCO2. The summed E-state index contributed by atoms with van der Waals surface area (Å²) in [6, 6.07) is 3.87. The zero-order chi connectivity index (χ0) is 16.7. The van der Waals surface area contributed by atoms with Gasteiger partial charge in [-0.2, -0.15) is 0 Å². The Labute approximate surface area is 140 Å². The monoisotopic (exact) mass is 335 g/mol. The first-order chi connectivity index (χ1) is 11.6. The van der Waals surface area contributed by atoms with Gasteiger partial charge >= 0.3 is 5.97 Å². The van der Waals surface area contributed by atoms with E-state index in [0.29, 0.717) is 50.0 Å². The second-order valence-electron chi connectivity index (χ2n) is 6.68. The van der Waals surface area contributed by atoms with Crippen LogP contribution in [-0.2, 0) is 16.1 Å². The van der Waals surface area contributed by atoms with Gasteiger partial charge in [-0.05, 0) is 24.1 Å². The molecule has 0 aromatic heterocycles. The molecule has 0 amide bonds. The highest BCUT2D eigenvalue weighted by Gasteiger charge is 2.53. The molecule has 130 valence electrons. The second kappa shape index (κ2) is 5.82. The van der Waals surface area contributed by atoms with Gasteiger partial charge in [0.25, 0.3) is 0 Å². The van der Waals surface area contributed by atoms with Crippen LogP contribution in [-0.4, -0.2) is 56.2 Å². The summed E-state index contributed by atoms with van der Waals surface area (Å²) in [6.07, 6.45) is 0.577. The first-order valence-electron chi connectivity index (χ1n) is 8.12. The minimum atomic E-state index is -0.707. The second-order valence-corrected chi connectivity index (χ2v) is 6.68. The van der Waals surface area contributed by atoms with Crippen molar-refractivity contribution in [2.75, 3.05) is 40.2 Å². The molecule has 0 unspecified atom stereocenters. The lowest BCUT2D eigenvalue weighted by atomic mass is 9.74. The van der Waals surface area contributed by atoms with E-state index in [2.05, 4.69) is 4.90 Å². The third kappa shape index (κ3) is 2.39. The van der Waals surface area contributed by atoms with Crippen LogP contribution >= 0.6 is 0 Å². The van der Waals surface area contributed by atoms with Crippen LogP contribution < -0.4 is 14.2 Å². The first-order valence-corrected chi connectivity index (χ1v) is 8.12. The van der Waals surface area contributed by atoms with Crippen molar-refractivity contribution in [1.29, 1.82) is 0 Å². The standard InChI is InChI=1S/C17H21NO6/c1-21-13-4-11(5-14-15(13)24-10-23-14)6-18-7-12-8-22-3-2-17(12,9-18)16(19)20/h4-5,12H,2-3,6-10H2,1H3,(H,19,20)/t12-,17+/m1/s1. The molecule has 1 aromatic carbocycles. The molecule has 1 aromatic rings. The summed E-state index contributed by atoms with van der Waals surface area (Å²) in [5.74, 6) is 1.29. The van der Waals surface area contributed by atoms with Crippen molar-refractivity contribution in [3.63, 3.8) is 0 Å². The number of likely N-dealkylation sites (tertiary alicyclic amines) is 1. The first kappa shape index (κ1) is 15.5. The number of aliphatic carboxylic acids is 1. The van der Waals surface area contributed by atoms with Crippen molar-refractivity contribution in [2.24, 2.45) is 11.3 Å². The van der Waals surface area contributed by atoms with E-state index >= 15 is 0 Å². The number of benzene rings is 1. The van der Waals surface area contributed by atoms with E-state index in [-0.39, 0.29) is 12.7 Å². The van der Waals surface area contributed by atoms with Gasteiger partial charge in [0, 0.05) is 32.2 Å². The van der Waals surface area contributed by atoms with Crippen molar-refractivity contribution in [1.82, 2.24) is 4.90 Å². The molecule has 7 heteroatoms. The molecular formula is C17H21NO6. The molecule has 3 heterocycles. The zero-order valence-electron chi connectivity index (χ0n) is 13.6. The number of rotatable bonds is 4. The van der Waals surface area contributed by atoms with Gasteiger partial charge in [-0.1, -0.05) is 0 Å². The van der Waals surface area contributed by atoms with Crippen LogP contribution in [0, 0.1) is 11.3 Å². The Balaban J connectivity index is 1.55. The van der Waals surface area contributed by atoms with Gasteiger partial charge in [0.2, 0.25) is 12.5 Å². The molecule has 2 fully saturated rings. The number of fused-ring (bicyclic) bond motifs is 2. The van der Waals surface area contributed by atoms with E-state index in [1.807, 2.05) is 12.1 Å². The normalized spacial score (nSPS) is 28.6. The fraction of sp³-hybridized carbons (Fsp3) is 0.588. The molecule has 0 spiro atoms. The molecule has 0 radical (unpaired) electrons. The van der Waals surface area contributed by atoms with Gasteiger partial charge in [-0.3, -0.25) is 9.69 Å². The van der Waals surface area contributed by atoms with Crippen LogP contribution in [0.15, 0.2) is 12.1 Å². The Morgan fingerprint density at radius 2 is 2.33 bits per heavy atom. The van der Waals surface area contributed by atoms with Crippen molar-refractivity contribution >= 4 is 5.97 Å². The van der Waals surface area contributed by atoms with E-state index < -0.39 is 11.4 Å². The number of carboxylic acid groups (broad SMARTS) is 1. The van der Waals surface area contributed by atoms with Crippen molar-refractivity contribution < 1.29 is 28.8 Å². The van der Waals surface area contributed by atoms with Gasteiger partial charge < -0.3 is 24.1 Å². The fourth-order valence-corrected chi connectivity index (χ4v) is 4.06. The molecule has 3 aliphatic rings. The maximum absolute atomic E-state index is 11.9. The number of ether oxygens (including phenoxy) is 4. The maximum atomic E-state index is 11.9. The van der Waals surface area contributed by atoms with Crippen LogP contribution in [0.1, 0.15) is 12.0 Å². The number of hydrogen-bond donors (Lipinski definition) is 1. The topological polar surface area (TPSA) is 77.5 Å². The summed E-state index contributed by atoms with van der Waals surface area (Å²) >= 11 is 0. The minimum absolute atomic E-state index is 0.0413. The third-order valence-electron chi connectivity index (χ3n) is 5.33. The molecule has 2 saturated heterocycles. The van der Waals surface area contributed by atoms with Crippen LogP contribution in [0.4, 0.5) is 0 Å². The van der Waals surface area contributed by atoms with Crippen molar-refractivity contribution in [3.05, 3.63) is 17.7 Å². The van der Waals surface area contributed by atoms with Crippen LogP contribution in [0.2, 0.25) is 0 Å². The van der Waals surface area contributed by atoms with Gasteiger partial charge in [0.1, 0.15) is 0 Å². The largest absolute Gasteiger partial charge is 0.493 e. The van der Waals surface area contributed by atoms with Crippen LogP contribution in [0.5, 0.6) is 17.2 Å². The van der Waals surface area contributed by atoms with Gasteiger partial charge in [0.05, 0.1) is 19.1 Å². The van der Waals surface area contributed by atoms with E-state index in [0.717, 1.165) is 12.1 Å². The molecule has 0 aliphatic carbocycles. The summed E-state index contributed by atoms with van der Waals surface area (Å²) in [5.41, 5.74) is 0.342. The lowest BCUT2D eigenvalue weighted by Gasteiger charge is -2.34. The van der Waals surface area contributed by atoms with Gasteiger partial charge in [0.15, 0.2) is 11.5 Å². The third-order valence-corrected chi connectivity index (χ3v) is 5.33. The van der Waals surface area contributed by atoms with Crippen molar-refractivity contribution in [2.45, 2.75) is 13.0 Å². The molecular weight excluding hydrogens is 314 g/mol. The molecule has 0 saturated carbocycles. The van der Waals surface area contributed by atoms with E-state index in [1.165, 1.54) is 0 Å². The quantitative estimate of drug-likeness (QED) is 0.890. The summed E-state index contributed by atoms with van der Waals surface area (Å²) in [5, 5.41) is 9.75. The number of carboxylic acids is 1. The highest BCUT2D eigenvalue weighted by molar-refractivity contribution is 5.76. The van der Waals surface area contributed by atoms with E-state index in [9.17, 15) is 9.90 Å². The van der Waals surface area contributed by atoms with Gasteiger partial charge in [-0.15, -0.1) is 0 Å². The molecule has 24 heavy (non-hydrogen) atoms. The summed E-state index contributed by atoms with van der Waals surface area (Å²) in [4.78, 5) is 14.1. The summed E-state index contributed by atoms with van der Waals surface area (Å²) < 4.78 is 21.8. The Kier molecular flexibility index (Phi) is 3.77. The highest BCUT2D eigenvalue weighted by atomic mass is 16.7. The lowest BCUT2D eigenvalue weighted by Crippen LogP contribution is -2.44. The molecule has 2 atom stereocenters. The average Bonchev–Trinajstić information content (AvgIpc) is 3.18. The molecule has 3 aliphatic heterocycles. The number of methoxy groups -OCH3 is 1. The van der Waals surface area contributed by atoms with Crippen LogP contribution in [0.25, 0.3) is 0 Å². The predicted octanol–water partition coefficient (Wildman–Crippen LogP) is 1.35. The van der Waals surface area contributed by atoms with Crippen LogP contribution in [0.3, 0.4) is 0 Å². The van der Waals surface area contributed by atoms with Gasteiger partial charge in [-0.25, -0.2) is 0 Å². The molecule has 0 bridgehead atoms. The number of carbonyl (C=O) groups is 1. The Morgan fingerprint density at radius 3 is 3.08 bits per heavy atom. The number of hydrogen-bond acceptors (Lipinski definition) is 6. The Morgan fingerprint density at radius 1 is 1.46 bits per heavy atom. The number of nitrogens with zero attached hydrogens (tertiary/aromatic N) is 1. The summed E-state index contributed by atoms with van der Waals surface area (Å²) in [7, 11) is 1.60. The van der Waals surface area contributed by atoms with E-state index in [1.54, 1.807) is 7.11 Å². The van der Waals surface area contributed by atoms with E-state index in [4.69, 9.17) is 18.9 Å². The Bertz CT molecular complexity index is 663. The average molecular weight is 335 g/mol. The summed E-state index contributed by atoms with van der Waals surface area (Å²) in [6.45, 7) is 3.16. The molecule has 4 rings (SSSR count). The zero-order valence-corrected chi connectivity index (χ0v) is 13.6. The fourth-order valence-electron chi connectivity index (χ4n) is 4.06. The predicted molar refractivity (Wildman–Crippen MR) is 83.4 cm³/mol. The van der Waals surface area contributed by atoms with Crippen molar-refractivity contribution in [3.8, 4) is 17.2 Å².